The standard InChI is InChI=1S/C4H8N2O/c1-7-4(6)2-3-5/h4H,2,6H2,1H3. The van der Waals surface area contributed by atoms with E-state index in [1.54, 1.807) is 0 Å². The number of rotatable bonds is 2. The Labute approximate surface area is 42.7 Å². The van der Waals surface area contributed by atoms with Gasteiger partial charge in [0.15, 0.2) is 0 Å². The van der Waals surface area contributed by atoms with E-state index in [2.05, 4.69) is 4.74 Å². The van der Waals surface area contributed by atoms with Crippen LogP contribution in [-0.4, -0.2) is 13.3 Å². The molecule has 2 N–H and O–H groups in total. The molecule has 0 saturated carbocycles. The monoisotopic (exact) mass is 100 g/mol. The smallest absolute Gasteiger partial charge is 0.118 e. The number of nitrogens with two attached hydrogens (primary N) is 1. The predicted molar refractivity (Wildman–Crippen MR) is 25.2 cm³/mol. The molecule has 0 radical (unpaired) electrons. The molecule has 0 heterocycles. The van der Waals surface area contributed by atoms with E-state index in [1.807, 2.05) is 6.07 Å². The fraction of sp³-hybridized carbons (Fsp3) is 0.750. The molecule has 7 heavy (non-hydrogen) atoms. The van der Waals surface area contributed by atoms with Crippen LogP contribution in [0.5, 0.6) is 0 Å². The van der Waals surface area contributed by atoms with Crippen LogP contribution in [0.25, 0.3) is 0 Å². The van der Waals surface area contributed by atoms with Gasteiger partial charge >= 0.3 is 0 Å². The van der Waals surface area contributed by atoms with Gasteiger partial charge in [-0.05, 0) is 0 Å². The van der Waals surface area contributed by atoms with Gasteiger partial charge in [0, 0.05) is 7.11 Å². The summed E-state index contributed by atoms with van der Waals surface area (Å²) in [5, 5.41) is 7.96. The lowest BCUT2D eigenvalue weighted by atomic mass is 10.4. The second-order valence-electron chi connectivity index (χ2n) is 1.14. The van der Waals surface area contributed by atoms with Gasteiger partial charge in [-0.1, -0.05) is 0 Å². The Hall–Kier alpha value is -0.590. The normalized spacial score (nSPS) is 12.7. The fourth-order valence-electron chi connectivity index (χ4n) is 0.173. The molecule has 0 bridgehead atoms. The lowest BCUT2D eigenvalue weighted by Crippen LogP contribution is -2.20. The Bertz CT molecular complexity index is 76.2. The zero-order valence-electron chi connectivity index (χ0n) is 4.22. The lowest BCUT2D eigenvalue weighted by Gasteiger charge is -2.00. The van der Waals surface area contributed by atoms with E-state index in [0.29, 0.717) is 0 Å². The summed E-state index contributed by atoms with van der Waals surface area (Å²) in [6.07, 6.45) is -0.152. The van der Waals surface area contributed by atoms with Crippen LogP contribution in [-0.2, 0) is 4.74 Å². The highest BCUT2D eigenvalue weighted by atomic mass is 16.5. The Morgan fingerprint density at radius 2 is 2.57 bits per heavy atom. The van der Waals surface area contributed by atoms with E-state index in [1.165, 1.54) is 7.11 Å². The van der Waals surface area contributed by atoms with Crippen molar-refractivity contribution in [3.8, 4) is 6.07 Å². The third-order valence-corrected chi connectivity index (χ3v) is 0.595. The average Bonchev–Trinajstić information content (AvgIpc) is 1.68. The van der Waals surface area contributed by atoms with Crippen LogP contribution in [0.4, 0.5) is 0 Å². The van der Waals surface area contributed by atoms with Crippen LogP contribution in [0.15, 0.2) is 0 Å². The van der Waals surface area contributed by atoms with Crippen molar-refractivity contribution in [1.29, 1.82) is 5.26 Å². The number of hydrogen-bond donors (Lipinski definition) is 1. The Morgan fingerprint density at radius 1 is 2.00 bits per heavy atom. The van der Waals surface area contributed by atoms with Gasteiger partial charge in [-0.2, -0.15) is 5.26 Å². The number of nitrogens with zero attached hydrogens (tertiary/aromatic N) is 1. The Balaban J connectivity index is 3.03. The molecule has 0 aromatic rings. The zero-order valence-corrected chi connectivity index (χ0v) is 4.22. The Morgan fingerprint density at radius 3 is 2.71 bits per heavy atom. The van der Waals surface area contributed by atoms with Gasteiger partial charge in [-0.25, -0.2) is 0 Å². The summed E-state index contributed by atoms with van der Waals surface area (Å²) in [7, 11) is 1.47. The van der Waals surface area contributed by atoms with Crippen LogP contribution in [0.1, 0.15) is 6.42 Å². The first-order valence-electron chi connectivity index (χ1n) is 1.96. The highest BCUT2D eigenvalue weighted by molar-refractivity contribution is 4.71. The van der Waals surface area contributed by atoms with Crippen molar-refractivity contribution in [3.05, 3.63) is 0 Å². The van der Waals surface area contributed by atoms with E-state index < -0.39 is 6.23 Å². The molecule has 40 valence electrons. The molecule has 0 aromatic carbocycles. The minimum absolute atomic E-state index is 0.260. The van der Waals surface area contributed by atoms with Crippen LogP contribution in [0.3, 0.4) is 0 Å². The third-order valence-electron chi connectivity index (χ3n) is 0.595. The largest absolute Gasteiger partial charge is 0.366 e. The highest BCUT2D eigenvalue weighted by Gasteiger charge is 1.93. The van der Waals surface area contributed by atoms with Crippen molar-refractivity contribution in [2.75, 3.05) is 7.11 Å². The van der Waals surface area contributed by atoms with Crippen molar-refractivity contribution >= 4 is 0 Å². The van der Waals surface area contributed by atoms with Crippen molar-refractivity contribution in [2.45, 2.75) is 12.6 Å². The topological polar surface area (TPSA) is 59.0 Å². The van der Waals surface area contributed by atoms with Crippen molar-refractivity contribution in [3.63, 3.8) is 0 Å². The van der Waals surface area contributed by atoms with Crippen LogP contribution in [0.2, 0.25) is 0 Å². The molecule has 3 heteroatoms. The van der Waals surface area contributed by atoms with Gasteiger partial charge in [-0.15, -0.1) is 0 Å². The van der Waals surface area contributed by atoms with E-state index >= 15 is 0 Å². The SMILES string of the molecule is COC(N)CC#N. The maximum Gasteiger partial charge on any atom is 0.118 e. The van der Waals surface area contributed by atoms with Gasteiger partial charge in [0.25, 0.3) is 0 Å². The summed E-state index contributed by atoms with van der Waals surface area (Å²) in [5.41, 5.74) is 5.14. The van der Waals surface area contributed by atoms with E-state index in [4.69, 9.17) is 11.0 Å². The molecular formula is C4H8N2O. The molecule has 0 saturated heterocycles. The van der Waals surface area contributed by atoms with Gasteiger partial charge in [-0.3, -0.25) is 0 Å². The second-order valence-corrected chi connectivity index (χ2v) is 1.14. The molecule has 0 fully saturated rings. The number of methoxy groups -OCH3 is 1. The van der Waals surface area contributed by atoms with Gasteiger partial charge in [0.2, 0.25) is 0 Å². The first-order valence-corrected chi connectivity index (χ1v) is 1.96. The molecule has 0 rings (SSSR count). The molecule has 0 aliphatic heterocycles. The van der Waals surface area contributed by atoms with E-state index in [-0.39, 0.29) is 6.42 Å². The minimum atomic E-state index is -0.412. The molecule has 0 aromatic heterocycles. The number of ether oxygens (including phenoxy) is 1. The molecule has 0 spiro atoms. The first-order chi connectivity index (χ1) is 3.31. The number of nitriles is 1. The molecule has 0 amide bonds. The summed E-state index contributed by atoms with van der Waals surface area (Å²) in [6, 6.07) is 1.87. The van der Waals surface area contributed by atoms with Gasteiger partial charge in [0.05, 0.1) is 12.5 Å². The second kappa shape index (κ2) is 3.59. The predicted octanol–water partition coefficient (Wildman–Crippen LogP) is -0.169. The molecular weight excluding hydrogens is 92.1 g/mol. The highest BCUT2D eigenvalue weighted by Crippen LogP contribution is 1.82. The molecule has 3 nitrogen and oxygen atoms in total. The molecule has 0 aliphatic carbocycles. The molecule has 1 atom stereocenters. The van der Waals surface area contributed by atoms with Crippen LogP contribution in [0, 0.1) is 11.3 Å². The maximum atomic E-state index is 7.96. The van der Waals surface area contributed by atoms with Gasteiger partial charge in [0.1, 0.15) is 6.23 Å². The lowest BCUT2D eigenvalue weighted by molar-refractivity contribution is 0.112. The van der Waals surface area contributed by atoms with Crippen molar-refractivity contribution < 1.29 is 4.74 Å². The zero-order chi connectivity index (χ0) is 5.70. The molecule has 1 unspecified atom stereocenters. The molecule has 0 aliphatic rings. The van der Waals surface area contributed by atoms with Crippen molar-refractivity contribution in [1.82, 2.24) is 0 Å². The quantitative estimate of drug-likeness (QED) is 0.490. The summed E-state index contributed by atoms with van der Waals surface area (Å²) in [4.78, 5) is 0. The maximum absolute atomic E-state index is 7.96. The summed E-state index contributed by atoms with van der Waals surface area (Å²) >= 11 is 0. The minimum Gasteiger partial charge on any atom is -0.366 e. The van der Waals surface area contributed by atoms with Crippen LogP contribution >= 0.6 is 0 Å². The summed E-state index contributed by atoms with van der Waals surface area (Å²) in [6.45, 7) is 0. The summed E-state index contributed by atoms with van der Waals surface area (Å²) in [5.74, 6) is 0. The summed E-state index contributed by atoms with van der Waals surface area (Å²) < 4.78 is 4.55. The van der Waals surface area contributed by atoms with Crippen molar-refractivity contribution in [2.24, 2.45) is 5.73 Å². The third kappa shape index (κ3) is 3.23. The fourth-order valence-corrected chi connectivity index (χ4v) is 0.173. The van der Waals surface area contributed by atoms with Gasteiger partial charge < -0.3 is 10.5 Å². The van der Waals surface area contributed by atoms with E-state index in [0.717, 1.165) is 0 Å². The van der Waals surface area contributed by atoms with Crippen LogP contribution < -0.4 is 5.73 Å². The Kier molecular flexibility index (Phi) is 3.29. The number of hydrogen-bond acceptors (Lipinski definition) is 3. The first kappa shape index (κ1) is 6.41. The average molecular weight is 100 g/mol. The van der Waals surface area contributed by atoms with E-state index in [9.17, 15) is 0 Å².